The number of amides is 1. The summed E-state index contributed by atoms with van der Waals surface area (Å²) in [6.07, 6.45) is 3.57. The number of rotatable bonds is 7. The van der Waals surface area contributed by atoms with E-state index in [-0.39, 0.29) is 24.6 Å². The Hall–Kier alpha value is -3.79. The maximum atomic E-state index is 12.0. The summed E-state index contributed by atoms with van der Waals surface area (Å²) in [4.78, 5) is 23.3. The van der Waals surface area contributed by atoms with E-state index >= 15 is 0 Å². The van der Waals surface area contributed by atoms with Crippen LogP contribution in [0.5, 0.6) is 0 Å². The zero-order chi connectivity index (χ0) is 26.8. The number of anilines is 2. The van der Waals surface area contributed by atoms with Crippen LogP contribution in [0.25, 0.3) is 5.82 Å². The highest BCUT2D eigenvalue weighted by atomic mass is 35.5. The average Bonchev–Trinajstić information content (AvgIpc) is 3.41. The number of hydrogen-bond acceptors (Lipinski definition) is 5. The molecule has 1 fully saturated rings. The molecule has 4 aromatic rings. The summed E-state index contributed by atoms with van der Waals surface area (Å²) in [7, 11) is 1.47. The van der Waals surface area contributed by atoms with Gasteiger partial charge < -0.3 is 24.8 Å². The van der Waals surface area contributed by atoms with Crippen molar-refractivity contribution in [3.8, 4) is 5.82 Å². The number of pyridine rings is 2. The van der Waals surface area contributed by atoms with Crippen molar-refractivity contribution >= 4 is 46.2 Å². The summed E-state index contributed by atoms with van der Waals surface area (Å²) in [5.41, 5.74) is 5.37. The zero-order valence-electron chi connectivity index (χ0n) is 21.2. The minimum Gasteiger partial charge on any atom is -0.375 e. The van der Waals surface area contributed by atoms with Crippen LogP contribution >= 0.6 is 23.8 Å². The van der Waals surface area contributed by atoms with E-state index < -0.39 is 0 Å². The number of thiocarbonyl (C=S) groups is 1. The third-order valence-electron chi connectivity index (χ3n) is 6.55. The number of aromatic nitrogens is 3. The smallest absolute Gasteiger partial charge is 0.250 e. The van der Waals surface area contributed by atoms with E-state index in [0.717, 1.165) is 34.2 Å². The van der Waals surface area contributed by atoms with Gasteiger partial charge >= 0.3 is 0 Å². The number of methoxy groups -OCH3 is 1. The maximum absolute atomic E-state index is 12.0. The molecule has 10 heteroatoms. The fraction of sp³-hybridized carbons (Fsp3) is 0.214. The fourth-order valence-electron chi connectivity index (χ4n) is 4.95. The summed E-state index contributed by atoms with van der Waals surface area (Å²) in [5, 5.41) is 7.21. The van der Waals surface area contributed by atoms with Crippen LogP contribution in [0.2, 0.25) is 5.02 Å². The van der Waals surface area contributed by atoms with Gasteiger partial charge in [-0.3, -0.25) is 9.78 Å². The summed E-state index contributed by atoms with van der Waals surface area (Å²) >= 11 is 12.5. The van der Waals surface area contributed by atoms with Crippen molar-refractivity contribution in [2.24, 2.45) is 0 Å². The molecule has 0 saturated carbocycles. The van der Waals surface area contributed by atoms with E-state index in [0.29, 0.717) is 15.8 Å². The molecule has 8 nitrogen and oxygen atoms in total. The second kappa shape index (κ2) is 10.9. The van der Waals surface area contributed by atoms with Crippen molar-refractivity contribution in [3.05, 3.63) is 101 Å². The predicted molar refractivity (Wildman–Crippen MR) is 153 cm³/mol. The van der Waals surface area contributed by atoms with Crippen LogP contribution in [-0.2, 0) is 9.53 Å². The number of halogens is 1. The molecule has 5 rings (SSSR count). The lowest BCUT2D eigenvalue weighted by molar-refractivity contribution is -0.119. The summed E-state index contributed by atoms with van der Waals surface area (Å²) in [5.74, 6) is 0.568. The topological polar surface area (TPSA) is 84.3 Å². The standard InChI is InChI=1S/C28H27ClN6O2S/c1-17-14-20(18(2)34(17)24-9-5-7-13-31-24)27-26(23-8-4-6-12-30-23)33-28(38)35(27)19-10-11-22(21(29)15-19)32-25(36)16-37-3/h4-15,26-27H,16H2,1-3H3,(H,32,36)(H,33,38)/t26-,27+/m1/s1. The summed E-state index contributed by atoms with van der Waals surface area (Å²) in [6, 6.07) is 19.0. The van der Waals surface area contributed by atoms with Crippen LogP contribution in [0, 0.1) is 13.8 Å². The van der Waals surface area contributed by atoms with E-state index in [2.05, 4.69) is 50.0 Å². The molecule has 0 unspecified atom stereocenters. The normalized spacial score (nSPS) is 16.9. The SMILES string of the molecule is COCC(=O)Nc1ccc(N2C(=S)N[C@H](c3ccccn3)[C@@H]2c2cc(C)n(-c3ccccn3)c2C)cc1Cl. The number of aryl methyl sites for hydroxylation is 1. The number of benzene rings is 1. The van der Waals surface area contributed by atoms with Crippen molar-refractivity contribution in [3.63, 3.8) is 0 Å². The van der Waals surface area contributed by atoms with Crippen molar-refractivity contribution in [2.45, 2.75) is 25.9 Å². The first-order chi connectivity index (χ1) is 18.4. The van der Waals surface area contributed by atoms with Gasteiger partial charge in [-0.15, -0.1) is 0 Å². The molecule has 1 aliphatic rings. The molecule has 0 aliphatic carbocycles. The van der Waals surface area contributed by atoms with Gasteiger partial charge in [-0.2, -0.15) is 0 Å². The van der Waals surface area contributed by atoms with Gasteiger partial charge in [0.25, 0.3) is 0 Å². The molecular formula is C28H27ClN6O2S. The van der Waals surface area contributed by atoms with Gasteiger partial charge in [0.1, 0.15) is 12.4 Å². The minimum absolute atomic E-state index is 0.0576. The number of nitrogens with one attached hydrogen (secondary N) is 2. The highest BCUT2D eigenvalue weighted by Crippen LogP contribution is 2.44. The van der Waals surface area contributed by atoms with Gasteiger partial charge in [0, 0.05) is 36.6 Å². The van der Waals surface area contributed by atoms with Crippen LogP contribution in [-0.4, -0.2) is 39.3 Å². The van der Waals surface area contributed by atoms with E-state index in [1.54, 1.807) is 18.5 Å². The Kier molecular flexibility index (Phi) is 7.42. The largest absolute Gasteiger partial charge is 0.375 e. The minimum atomic E-state index is -0.282. The number of carbonyl (C=O) groups excluding carboxylic acids is 1. The van der Waals surface area contributed by atoms with Gasteiger partial charge in [0.2, 0.25) is 5.91 Å². The Labute approximate surface area is 231 Å². The number of hydrogen-bond donors (Lipinski definition) is 2. The summed E-state index contributed by atoms with van der Waals surface area (Å²) in [6.45, 7) is 4.10. The molecule has 1 aromatic carbocycles. The Morgan fingerprint density at radius 1 is 1.11 bits per heavy atom. The molecule has 1 amide bonds. The first-order valence-electron chi connectivity index (χ1n) is 12.1. The Bertz CT molecular complexity index is 1480. The van der Waals surface area contributed by atoms with E-state index in [1.165, 1.54) is 7.11 Å². The summed E-state index contributed by atoms with van der Waals surface area (Å²) < 4.78 is 7.05. The second-order valence-electron chi connectivity index (χ2n) is 8.99. The molecule has 2 N–H and O–H groups in total. The van der Waals surface area contributed by atoms with Gasteiger partial charge in [0.15, 0.2) is 5.11 Å². The molecule has 2 atom stereocenters. The third-order valence-corrected chi connectivity index (χ3v) is 7.17. The number of ether oxygens (including phenoxy) is 1. The van der Waals surface area contributed by atoms with Gasteiger partial charge in [-0.25, -0.2) is 4.98 Å². The van der Waals surface area contributed by atoms with Crippen LogP contribution in [0.3, 0.4) is 0 Å². The average molecular weight is 547 g/mol. The second-order valence-corrected chi connectivity index (χ2v) is 9.79. The quantitative estimate of drug-likeness (QED) is 0.304. The predicted octanol–water partition coefficient (Wildman–Crippen LogP) is 5.30. The molecule has 0 spiro atoms. The van der Waals surface area contributed by atoms with E-state index in [1.807, 2.05) is 48.5 Å². The zero-order valence-corrected chi connectivity index (χ0v) is 22.8. The Morgan fingerprint density at radius 3 is 2.53 bits per heavy atom. The molecule has 0 bridgehead atoms. The molecule has 1 saturated heterocycles. The maximum Gasteiger partial charge on any atom is 0.250 e. The van der Waals surface area contributed by atoms with Crippen LogP contribution < -0.4 is 15.5 Å². The molecule has 4 heterocycles. The third kappa shape index (κ3) is 4.88. The van der Waals surface area contributed by atoms with Gasteiger partial charge in [0.05, 0.1) is 28.5 Å². The van der Waals surface area contributed by atoms with Gasteiger partial charge in [-0.1, -0.05) is 23.7 Å². The Morgan fingerprint density at radius 2 is 1.87 bits per heavy atom. The number of nitrogens with zero attached hydrogens (tertiary/aromatic N) is 4. The Balaban J connectivity index is 1.60. The monoisotopic (exact) mass is 546 g/mol. The highest BCUT2D eigenvalue weighted by Gasteiger charge is 2.42. The first-order valence-corrected chi connectivity index (χ1v) is 12.9. The van der Waals surface area contributed by atoms with E-state index in [9.17, 15) is 4.79 Å². The molecule has 194 valence electrons. The van der Waals surface area contributed by atoms with Crippen molar-refractivity contribution < 1.29 is 9.53 Å². The van der Waals surface area contributed by atoms with Crippen LogP contribution in [0.15, 0.2) is 73.1 Å². The molecule has 3 aromatic heterocycles. The van der Waals surface area contributed by atoms with Crippen molar-refractivity contribution in [2.75, 3.05) is 23.9 Å². The molecular weight excluding hydrogens is 520 g/mol. The lowest BCUT2D eigenvalue weighted by Gasteiger charge is -2.28. The van der Waals surface area contributed by atoms with Crippen molar-refractivity contribution in [1.82, 2.24) is 19.9 Å². The fourth-order valence-corrected chi connectivity index (χ4v) is 5.52. The molecule has 38 heavy (non-hydrogen) atoms. The lowest BCUT2D eigenvalue weighted by atomic mass is 9.96. The number of carbonyl (C=O) groups is 1. The van der Waals surface area contributed by atoms with Crippen LogP contribution in [0.4, 0.5) is 11.4 Å². The molecule has 0 radical (unpaired) electrons. The van der Waals surface area contributed by atoms with Gasteiger partial charge in [-0.05, 0) is 80.2 Å². The molecule has 1 aliphatic heterocycles. The van der Waals surface area contributed by atoms with E-state index in [4.69, 9.17) is 28.6 Å². The lowest BCUT2D eigenvalue weighted by Crippen LogP contribution is -2.29. The highest BCUT2D eigenvalue weighted by molar-refractivity contribution is 7.80. The van der Waals surface area contributed by atoms with Crippen molar-refractivity contribution in [1.29, 1.82) is 0 Å². The van der Waals surface area contributed by atoms with Crippen LogP contribution in [0.1, 0.15) is 34.7 Å². The first kappa shape index (κ1) is 25.8.